The first-order valence-corrected chi connectivity index (χ1v) is 23.2. The molecule has 0 heterocycles. The van der Waals surface area contributed by atoms with E-state index >= 15 is 0 Å². The highest BCUT2D eigenvalue weighted by molar-refractivity contribution is 5.96. The van der Waals surface area contributed by atoms with Crippen molar-refractivity contribution in [3.8, 4) is 0 Å². The number of halogens is 6. The third kappa shape index (κ3) is 20.3. The van der Waals surface area contributed by atoms with Crippen molar-refractivity contribution >= 4 is 58.9 Å². The van der Waals surface area contributed by atoms with Crippen LogP contribution >= 0.6 is 0 Å². The van der Waals surface area contributed by atoms with Crippen molar-refractivity contribution in [2.45, 2.75) is 95.8 Å². The van der Waals surface area contributed by atoms with Gasteiger partial charge in [0.25, 0.3) is 0 Å². The minimum atomic E-state index is -2.55. The zero-order chi connectivity index (χ0) is 55.9. The highest BCUT2D eigenvalue weighted by Gasteiger charge is 2.33. The summed E-state index contributed by atoms with van der Waals surface area (Å²) >= 11 is 0. The van der Waals surface area contributed by atoms with Crippen molar-refractivity contribution < 1.29 is 74.6 Å². The minimum absolute atomic E-state index is 0.0940. The Morgan fingerprint density at radius 3 is 1.68 bits per heavy atom. The Morgan fingerprint density at radius 1 is 0.560 bits per heavy atom. The van der Waals surface area contributed by atoms with E-state index in [1.165, 1.54) is 18.2 Å². The van der Waals surface area contributed by atoms with E-state index < -0.39 is 163 Å². The van der Waals surface area contributed by atoms with Gasteiger partial charge in [-0.25, -0.2) is 26.3 Å². The number of amides is 8. The molecule has 0 fully saturated rings. The second kappa shape index (κ2) is 30.1. The third-order valence-corrected chi connectivity index (χ3v) is 11.1. The fourth-order valence-electron chi connectivity index (χ4n) is 6.84. The van der Waals surface area contributed by atoms with Gasteiger partial charge in [-0.05, 0) is 81.8 Å². The molecule has 0 saturated heterocycles. The van der Waals surface area contributed by atoms with Gasteiger partial charge in [-0.15, -0.1) is 0 Å². The summed E-state index contributed by atoms with van der Waals surface area (Å²) in [5, 5.41) is 27.4. The molecule has 0 radical (unpaired) electrons. The van der Waals surface area contributed by atoms with Gasteiger partial charge in [-0.2, -0.15) is 0 Å². The predicted molar refractivity (Wildman–Crippen MR) is 257 cm³/mol. The number of primary amides is 1. The zero-order valence-electron chi connectivity index (χ0n) is 40.7. The summed E-state index contributed by atoms with van der Waals surface area (Å²) in [5.41, 5.74) is 17.4. The Morgan fingerprint density at radius 2 is 1.09 bits per heavy atom. The Labute approximate surface area is 425 Å². The number of anilines is 1. The maximum Gasteiger partial charge on any atom is 0.303 e. The van der Waals surface area contributed by atoms with Crippen molar-refractivity contribution in [2.75, 3.05) is 31.5 Å². The standard InChI is InChI=1S/C48H59F6N11O10/c1-24-10-13-27(14-11-24)61-44(56)25(2)12-16-34(66)63-31(15-17-38(70)71)46(73)59-21-35(67)58-22-36(68)64-33(20-28-39(50)41(52)43(54)42(53)40(28)51)48(75)65-32(19-26-7-3-4-8-29(26)49)47(74)60-23-37(69)62-30(45(57)72)9-5-6-18-55/h3-4,7-8,10-11,13-14,30-33,61H,5-6,9,12,15-23,55-56H2,1-2H3,(H2,57,72)(H,58,67)(H,59,73)(H,60,74)(H,62,69)(H,63,66)(H,64,68)(H,65,75)(H,70,71)/b44-25+/t30-,31-,32?,33-/m0/s1. The van der Waals surface area contributed by atoms with Crippen LogP contribution in [0.3, 0.4) is 0 Å². The molecule has 15 N–H and O–H groups in total. The number of rotatable bonds is 30. The lowest BCUT2D eigenvalue weighted by molar-refractivity contribution is -0.138. The summed E-state index contributed by atoms with van der Waals surface area (Å²) in [4.78, 5) is 115. The van der Waals surface area contributed by atoms with Gasteiger partial charge in [0.1, 0.15) is 30.0 Å². The van der Waals surface area contributed by atoms with Gasteiger partial charge in [0.2, 0.25) is 53.1 Å². The largest absolute Gasteiger partial charge is 0.481 e. The van der Waals surface area contributed by atoms with Crippen LogP contribution in [0, 0.1) is 41.8 Å². The van der Waals surface area contributed by atoms with Crippen LogP contribution in [0.25, 0.3) is 0 Å². The number of aliphatic carboxylic acids is 1. The molecule has 8 amide bonds. The molecule has 0 aliphatic rings. The topological polar surface area (TPSA) is 348 Å². The fraction of sp³-hybridized carbons (Fsp3) is 0.396. The van der Waals surface area contributed by atoms with Gasteiger partial charge in [0.15, 0.2) is 23.3 Å². The van der Waals surface area contributed by atoms with Crippen LogP contribution in [0.2, 0.25) is 0 Å². The van der Waals surface area contributed by atoms with Gasteiger partial charge in [0.05, 0.1) is 25.5 Å². The number of allylic oxidation sites excluding steroid dienone is 1. The number of carboxylic acids is 1. The van der Waals surface area contributed by atoms with Crippen molar-refractivity contribution in [3.63, 3.8) is 0 Å². The summed E-state index contributed by atoms with van der Waals surface area (Å²) in [7, 11) is 0. The van der Waals surface area contributed by atoms with E-state index in [1.807, 2.05) is 29.7 Å². The van der Waals surface area contributed by atoms with Gasteiger partial charge >= 0.3 is 5.97 Å². The molecule has 3 rings (SSSR count). The van der Waals surface area contributed by atoms with E-state index in [1.54, 1.807) is 19.1 Å². The van der Waals surface area contributed by atoms with Gasteiger partial charge in [0, 0.05) is 36.9 Å². The van der Waals surface area contributed by atoms with Crippen molar-refractivity contribution in [2.24, 2.45) is 17.2 Å². The Bertz CT molecular complexity index is 2580. The first kappa shape index (κ1) is 61.1. The number of hydrogen-bond acceptors (Lipinski definition) is 12. The van der Waals surface area contributed by atoms with Crippen LogP contribution < -0.4 is 59.7 Å². The molecule has 21 nitrogen and oxygen atoms in total. The highest BCUT2D eigenvalue weighted by atomic mass is 19.2. The smallest absolute Gasteiger partial charge is 0.303 e. The second-order valence-corrected chi connectivity index (χ2v) is 17.0. The molecule has 0 bridgehead atoms. The average molecular weight is 1060 g/mol. The number of carbonyl (C=O) groups excluding carboxylic acids is 8. The lowest BCUT2D eigenvalue weighted by Crippen LogP contribution is -2.57. The molecule has 3 aromatic rings. The van der Waals surface area contributed by atoms with E-state index in [0.29, 0.717) is 24.1 Å². The molecule has 27 heteroatoms. The maximum atomic E-state index is 15.0. The quantitative estimate of drug-likeness (QED) is 0.0187. The molecule has 0 spiro atoms. The summed E-state index contributed by atoms with van der Waals surface area (Å²) in [6, 6.07) is 5.27. The lowest BCUT2D eigenvalue weighted by atomic mass is 10.0. The van der Waals surface area contributed by atoms with E-state index in [2.05, 4.69) is 31.9 Å². The number of nitrogens with one attached hydrogen (secondary N) is 8. The lowest BCUT2D eigenvalue weighted by Gasteiger charge is -2.24. The van der Waals surface area contributed by atoms with Crippen molar-refractivity contribution in [1.82, 2.24) is 37.2 Å². The van der Waals surface area contributed by atoms with Gasteiger partial charge < -0.3 is 64.8 Å². The van der Waals surface area contributed by atoms with Gasteiger partial charge in [-0.3, -0.25) is 43.2 Å². The highest BCUT2D eigenvalue weighted by Crippen LogP contribution is 2.24. The first-order valence-electron chi connectivity index (χ1n) is 23.2. The fourth-order valence-corrected chi connectivity index (χ4v) is 6.84. The summed E-state index contributed by atoms with van der Waals surface area (Å²) in [5.74, 6) is -22.9. The molecule has 1 unspecified atom stereocenters. The van der Waals surface area contributed by atoms with Gasteiger partial charge in [-0.1, -0.05) is 35.9 Å². The van der Waals surface area contributed by atoms with E-state index in [0.717, 1.165) is 11.6 Å². The molecule has 4 atom stereocenters. The second-order valence-electron chi connectivity index (χ2n) is 17.0. The average Bonchev–Trinajstić information content (AvgIpc) is 3.37. The molecule has 75 heavy (non-hydrogen) atoms. The van der Waals surface area contributed by atoms with E-state index in [-0.39, 0.29) is 37.2 Å². The number of benzene rings is 3. The molecular weight excluding hydrogens is 1000 g/mol. The molecule has 408 valence electrons. The molecule has 0 aliphatic heterocycles. The predicted octanol–water partition coefficient (Wildman–Crippen LogP) is 0.464. The number of hydrogen-bond donors (Lipinski definition) is 12. The number of carbonyl (C=O) groups is 9. The van der Waals surface area contributed by atoms with Crippen LogP contribution in [0.4, 0.5) is 32.0 Å². The van der Waals surface area contributed by atoms with E-state index in [9.17, 15) is 74.6 Å². The number of unbranched alkanes of at least 4 members (excludes halogenated alkanes) is 1. The Hall–Kier alpha value is -8.23. The van der Waals surface area contributed by atoms with Crippen molar-refractivity contribution in [3.05, 3.63) is 112 Å². The van der Waals surface area contributed by atoms with Crippen molar-refractivity contribution in [1.29, 1.82) is 0 Å². The maximum absolute atomic E-state index is 15.0. The molecule has 0 aliphatic carbocycles. The van der Waals surface area contributed by atoms with E-state index in [4.69, 9.17) is 17.2 Å². The number of aryl methyl sites for hydroxylation is 1. The molecule has 3 aromatic carbocycles. The normalized spacial score (nSPS) is 12.9. The van der Waals surface area contributed by atoms with Crippen LogP contribution in [0.1, 0.15) is 68.6 Å². The Kier molecular flexibility index (Phi) is 24.5. The molecular formula is C48H59F6N11O10. The van der Waals surface area contributed by atoms with Crippen LogP contribution in [-0.4, -0.2) is 109 Å². The summed E-state index contributed by atoms with van der Waals surface area (Å²) in [6.45, 7) is 1.01. The summed E-state index contributed by atoms with van der Waals surface area (Å²) in [6.07, 6.45) is -2.27. The first-order chi connectivity index (χ1) is 35.4. The van der Waals surface area contributed by atoms with Crippen LogP contribution in [0.5, 0.6) is 0 Å². The van der Waals surface area contributed by atoms with Crippen LogP contribution in [-0.2, 0) is 56.0 Å². The number of carboxylic acid groups (broad SMARTS) is 1. The van der Waals surface area contributed by atoms with Crippen LogP contribution in [0.15, 0.2) is 59.9 Å². The summed E-state index contributed by atoms with van der Waals surface area (Å²) < 4.78 is 87.5. The SMILES string of the molecule is C/C(CCC(=O)N[C@@H](CCC(=O)O)C(=O)NCC(=O)NCC(=O)N[C@@H](Cc1c(F)c(F)c(F)c(F)c1F)C(=O)NC(Cc1ccccc1F)C(=O)NCC(=O)N[C@@H](CCCCN)C(N)=O)=C(/N)Nc1ccc(C)cc1. The molecule has 0 saturated carbocycles. The monoisotopic (exact) mass is 1060 g/mol. The minimum Gasteiger partial charge on any atom is -0.481 e. The molecule has 0 aromatic heterocycles. The number of nitrogens with two attached hydrogens (primary N) is 3. The Balaban J connectivity index is 1.76. The zero-order valence-corrected chi connectivity index (χ0v) is 40.7. The third-order valence-electron chi connectivity index (χ3n) is 11.1.